The van der Waals surface area contributed by atoms with E-state index >= 15 is 0 Å². The van der Waals surface area contributed by atoms with Crippen molar-refractivity contribution in [3.63, 3.8) is 0 Å². The number of rotatable bonds is 4. The molecule has 0 aromatic heterocycles. The lowest BCUT2D eigenvalue weighted by molar-refractivity contribution is -0.161. The summed E-state index contributed by atoms with van der Waals surface area (Å²) in [4.78, 5) is 12.2. The first-order chi connectivity index (χ1) is 8.27. The molecule has 0 spiro atoms. The highest BCUT2D eigenvalue weighted by Gasteiger charge is 2.36. The predicted octanol–water partition coefficient (Wildman–Crippen LogP) is 2.68. The Balaban J connectivity index is 2.82. The van der Waals surface area contributed by atoms with Gasteiger partial charge in [-0.2, -0.15) is 0 Å². The molecular formula is C15H23NO2. The zero-order valence-corrected chi connectivity index (χ0v) is 11.7. The van der Waals surface area contributed by atoms with Crippen LogP contribution < -0.4 is 5.73 Å². The van der Waals surface area contributed by atoms with Crippen molar-refractivity contribution in [2.45, 2.75) is 51.7 Å². The number of benzene rings is 1. The number of carbonyl (C=O) groups is 1. The van der Waals surface area contributed by atoms with Crippen molar-refractivity contribution in [1.29, 1.82) is 0 Å². The lowest BCUT2D eigenvalue weighted by Crippen LogP contribution is -2.52. The summed E-state index contributed by atoms with van der Waals surface area (Å²) in [6.45, 7) is 7.46. The minimum absolute atomic E-state index is 0.332. The fourth-order valence-electron chi connectivity index (χ4n) is 1.68. The van der Waals surface area contributed by atoms with Crippen molar-refractivity contribution in [1.82, 2.24) is 0 Å². The van der Waals surface area contributed by atoms with Crippen LogP contribution in [0.15, 0.2) is 30.3 Å². The van der Waals surface area contributed by atoms with Crippen molar-refractivity contribution in [2.24, 2.45) is 5.73 Å². The van der Waals surface area contributed by atoms with Crippen LogP contribution in [0, 0.1) is 0 Å². The molecule has 0 aliphatic carbocycles. The molecule has 0 saturated carbocycles. The molecule has 0 aliphatic heterocycles. The first-order valence-corrected chi connectivity index (χ1v) is 6.33. The monoisotopic (exact) mass is 249 g/mol. The van der Waals surface area contributed by atoms with Crippen molar-refractivity contribution < 1.29 is 9.53 Å². The average Bonchev–Trinajstić information content (AvgIpc) is 2.28. The standard InChI is InChI=1S/C15H23NO2/c1-5-15(16,13(17)18-14(2,3)4)11-12-9-7-6-8-10-12/h6-10H,5,11,16H2,1-4H3/t15-/m0/s1. The van der Waals surface area contributed by atoms with Gasteiger partial charge in [0.15, 0.2) is 0 Å². The van der Waals surface area contributed by atoms with Gasteiger partial charge in [-0.15, -0.1) is 0 Å². The van der Waals surface area contributed by atoms with Crippen molar-refractivity contribution >= 4 is 5.97 Å². The van der Waals surface area contributed by atoms with Gasteiger partial charge < -0.3 is 10.5 Å². The molecule has 0 unspecified atom stereocenters. The first-order valence-electron chi connectivity index (χ1n) is 6.33. The number of nitrogens with two attached hydrogens (primary N) is 1. The normalized spacial score (nSPS) is 14.9. The number of carbonyl (C=O) groups excluding carboxylic acids is 1. The number of hydrogen-bond donors (Lipinski definition) is 1. The number of hydrogen-bond acceptors (Lipinski definition) is 3. The molecule has 0 radical (unpaired) electrons. The van der Waals surface area contributed by atoms with Crippen LogP contribution in [-0.2, 0) is 16.0 Å². The van der Waals surface area contributed by atoms with Gasteiger partial charge in [0.2, 0.25) is 0 Å². The Bertz CT molecular complexity index is 395. The van der Waals surface area contributed by atoms with E-state index in [0.717, 1.165) is 5.56 Å². The van der Waals surface area contributed by atoms with E-state index in [9.17, 15) is 4.79 Å². The van der Waals surface area contributed by atoms with E-state index in [1.54, 1.807) is 0 Å². The Kier molecular flexibility index (Phi) is 4.52. The van der Waals surface area contributed by atoms with Gasteiger partial charge in [-0.05, 0) is 32.8 Å². The zero-order valence-electron chi connectivity index (χ0n) is 11.7. The van der Waals surface area contributed by atoms with Crippen LogP contribution in [0.4, 0.5) is 0 Å². The fourth-order valence-corrected chi connectivity index (χ4v) is 1.68. The van der Waals surface area contributed by atoms with Gasteiger partial charge in [-0.1, -0.05) is 37.3 Å². The average molecular weight is 249 g/mol. The summed E-state index contributed by atoms with van der Waals surface area (Å²) in [6, 6.07) is 9.78. The maximum absolute atomic E-state index is 12.2. The van der Waals surface area contributed by atoms with Crippen LogP contribution >= 0.6 is 0 Å². The Morgan fingerprint density at radius 2 is 1.78 bits per heavy atom. The second-order valence-electron chi connectivity index (χ2n) is 5.67. The molecule has 1 rings (SSSR count). The molecule has 0 heterocycles. The third-order valence-corrected chi connectivity index (χ3v) is 2.80. The summed E-state index contributed by atoms with van der Waals surface area (Å²) in [5.74, 6) is -0.332. The Morgan fingerprint density at radius 3 is 2.22 bits per heavy atom. The minimum Gasteiger partial charge on any atom is -0.459 e. The van der Waals surface area contributed by atoms with Crippen LogP contribution in [0.25, 0.3) is 0 Å². The molecule has 3 heteroatoms. The molecule has 1 atom stereocenters. The Morgan fingerprint density at radius 1 is 1.22 bits per heavy atom. The molecule has 100 valence electrons. The van der Waals surface area contributed by atoms with Crippen molar-refractivity contribution in [3.05, 3.63) is 35.9 Å². The van der Waals surface area contributed by atoms with Crippen molar-refractivity contribution in [3.8, 4) is 0 Å². The molecule has 18 heavy (non-hydrogen) atoms. The van der Waals surface area contributed by atoms with E-state index in [1.165, 1.54) is 0 Å². The van der Waals surface area contributed by atoms with Crippen LogP contribution in [0.3, 0.4) is 0 Å². The maximum atomic E-state index is 12.2. The van der Waals surface area contributed by atoms with E-state index in [4.69, 9.17) is 10.5 Å². The molecule has 1 aromatic carbocycles. The summed E-state index contributed by atoms with van der Waals surface area (Å²) in [5.41, 5.74) is 5.80. The molecular weight excluding hydrogens is 226 g/mol. The summed E-state index contributed by atoms with van der Waals surface area (Å²) in [7, 11) is 0. The summed E-state index contributed by atoms with van der Waals surface area (Å²) < 4.78 is 5.40. The molecule has 0 saturated heterocycles. The van der Waals surface area contributed by atoms with Crippen LogP contribution in [0.2, 0.25) is 0 Å². The van der Waals surface area contributed by atoms with E-state index in [-0.39, 0.29) is 5.97 Å². The van der Waals surface area contributed by atoms with Crippen LogP contribution in [-0.4, -0.2) is 17.1 Å². The summed E-state index contributed by atoms with van der Waals surface area (Å²) >= 11 is 0. The fraction of sp³-hybridized carbons (Fsp3) is 0.533. The van der Waals surface area contributed by atoms with Gasteiger partial charge in [-0.25, -0.2) is 0 Å². The highest BCUT2D eigenvalue weighted by Crippen LogP contribution is 2.20. The van der Waals surface area contributed by atoms with Gasteiger partial charge in [-0.3, -0.25) is 4.79 Å². The summed E-state index contributed by atoms with van der Waals surface area (Å²) in [5, 5.41) is 0. The molecule has 1 aromatic rings. The SMILES string of the molecule is CC[C@](N)(Cc1ccccc1)C(=O)OC(C)(C)C. The lowest BCUT2D eigenvalue weighted by Gasteiger charge is -2.30. The number of esters is 1. The van der Waals surface area contributed by atoms with Gasteiger partial charge in [0.1, 0.15) is 11.1 Å². The van der Waals surface area contributed by atoms with Gasteiger partial charge in [0, 0.05) is 6.42 Å². The van der Waals surface area contributed by atoms with E-state index < -0.39 is 11.1 Å². The zero-order chi connectivity index (χ0) is 13.8. The molecule has 0 bridgehead atoms. The maximum Gasteiger partial charge on any atom is 0.326 e. The highest BCUT2D eigenvalue weighted by molar-refractivity contribution is 5.81. The van der Waals surface area contributed by atoms with Crippen LogP contribution in [0.5, 0.6) is 0 Å². The molecule has 3 nitrogen and oxygen atoms in total. The Hall–Kier alpha value is -1.35. The quantitative estimate of drug-likeness (QED) is 0.835. The van der Waals surface area contributed by atoms with Gasteiger partial charge >= 0.3 is 5.97 Å². The number of ether oxygens (including phenoxy) is 1. The third kappa shape index (κ3) is 4.15. The molecule has 0 amide bonds. The smallest absolute Gasteiger partial charge is 0.326 e. The molecule has 2 N–H and O–H groups in total. The topological polar surface area (TPSA) is 52.3 Å². The molecule has 0 fully saturated rings. The van der Waals surface area contributed by atoms with Gasteiger partial charge in [0.05, 0.1) is 0 Å². The third-order valence-electron chi connectivity index (χ3n) is 2.80. The van der Waals surface area contributed by atoms with Gasteiger partial charge in [0.25, 0.3) is 0 Å². The Labute approximate surface area is 109 Å². The second-order valence-corrected chi connectivity index (χ2v) is 5.67. The largest absolute Gasteiger partial charge is 0.459 e. The van der Waals surface area contributed by atoms with Crippen LogP contribution in [0.1, 0.15) is 39.7 Å². The molecule has 0 aliphatic rings. The highest BCUT2D eigenvalue weighted by atomic mass is 16.6. The van der Waals surface area contributed by atoms with E-state index in [2.05, 4.69) is 0 Å². The van der Waals surface area contributed by atoms with Crippen molar-refractivity contribution in [2.75, 3.05) is 0 Å². The minimum atomic E-state index is -0.950. The predicted molar refractivity (Wildman–Crippen MR) is 73.2 cm³/mol. The van der Waals surface area contributed by atoms with E-state index in [0.29, 0.717) is 12.8 Å². The lowest BCUT2D eigenvalue weighted by atomic mass is 9.89. The second kappa shape index (κ2) is 5.53. The first kappa shape index (κ1) is 14.7. The van der Waals surface area contributed by atoms with E-state index in [1.807, 2.05) is 58.0 Å². The summed E-state index contributed by atoms with van der Waals surface area (Å²) in [6.07, 6.45) is 1.05.